The van der Waals surface area contributed by atoms with Gasteiger partial charge in [0.1, 0.15) is 10.6 Å². The smallest absolute Gasteiger partial charge is 0.265 e. The van der Waals surface area contributed by atoms with Crippen LogP contribution in [-0.2, 0) is 6.42 Å². The monoisotopic (exact) mass is 427 g/mol. The molecule has 0 aliphatic carbocycles. The van der Waals surface area contributed by atoms with Crippen molar-refractivity contribution in [3.8, 4) is 5.75 Å². The van der Waals surface area contributed by atoms with Gasteiger partial charge >= 0.3 is 0 Å². The molecule has 3 aromatic rings. The predicted octanol–water partition coefficient (Wildman–Crippen LogP) is 6.82. The number of aromatic amines is 1. The minimum absolute atomic E-state index is 0.0419. The summed E-state index contributed by atoms with van der Waals surface area (Å²) in [7, 11) is 0. The number of H-pyrrole nitrogens is 1. The Labute approximate surface area is 180 Å². The normalized spacial score (nSPS) is 11.5. The van der Waals surface area contributed by atoms with Crippen LogP contribution in [0.1, 0.15) is 43.7 Å². The van der Waals surface area contributed by atoms with Gasteiger partial charge in [0.15, 0.2) is 0 Å². The Morgan fingerprint density at radius 2 is 1.97 bits per heavy atom. The fourth-order valence-corrected chi connectivity index (χ4v) is 4.42. The predicted molar refractivity (Wildman–Crippen MR) is 125 cm³/mol. The number of benzene rings is 2. The summed E-state index contributed by atoms with van der Waals surface area (Å²) < 4.78 is 0. The van der Waals surface area contributed by atoms with E-state index in [2.05, 4.69) is 30.1 Å². The molecule has 0 amide bonds. The van der Waals surface area contributed by atoms with E-state index in [1.165, 1.54) is 17.3 Å². The first-order valence-electron chi connectivity index (χ1n) is 10.0. The van der Waals surface area contributed by atoms with Crippen LogP contribution >= 0.6 is 23.4 Å². The molecule has 0 aliphatic heterocycles. The Kier molecular flexibility index (Phi) is 7.84. The maximum atomic E-state index is 12.5. The van der Waals surface area contributed by atoms with Crippen molar-refractivity contribution in [2.45, 2.75) is 43.9 Å². The van der Waals surface area contributed by atoms with Gasteiger partial charge in [0.25, 0.3) is 5.56 Å². The Bertz CT molecular complexity index is 1040. The van der Waals surface area contributed by atoms with Gasteiger partial charge in [0.05, 0.1) is 5.52 Å². The van der Waals surface area contributed by atoms with E-state index in [1.807, 2.05) is 30.3 Å². The molecule has 0 fully saturated rings. The SMILES string of the molecule is CCCC/C=C/c1cc(Cl)cc2[nH]c(=O)c(SCCCc3ccccc3)c(O)c12. The fraction of sp³-hybridized carbons (Fsp3) is 0.292. The van der Waals surface area contributed by atoms with Crippen molar-refractivity contribution >= 4 is 40.3 Å². The molecule has 0 unspecified atom stereocenters. The number of nitrogens with one attached hydrogen (secondary N) is 1. The number of halogens is 1. The quantitative estimate of drug-likeness (QED) is 0.291. The molecule has 0 bridgehead atoms. The Balaban J connectivity index is 1.83. The lowest BCUT2D eigenvalue weighted by Gasteiger charge is -2.10. The summed E-state index contributed by atoms with van der Waals surface area (Å²) in [5.41, 5.74) is 2.38. The maximum absolute atomic E-state index is 12.5. The van der Waals surface area contributed by atoms with Gasteiger partial charge in [0, 0.05) is 10.4 Å². The zero-order chi connectivity index (χ0) is 20.6. The minimum Gasteiger partial charge on any atom is -0.506 e. The lowest BCUT2D eigenvalue weighted by Crippen LogP contribution is -2.09. The van der Waals surface area contributed by atoms with Crippen molar-refractivity contribution < 1.29 is 5.11 Å². The Morgan fingerprint density at radius 3 is 2.72 bits per heavy atom. The molecule has 1 aromatic heterocycles. The van der Waals surface area contributed by atoms with Crippen LogP contribution < -0.4 is 5.56 Å². The summed E-state index contributed by atoms with van der Waals surface area (Å²) in [5, 5.41) is 12.1. The fourth-order valence-electron chi connectivity index (χ4n) is 3.28. The van der Waals surface area contributed by atoms with E-state index < -0.39 is 0 Å². The maximum Gasteiger partial charge on any atom is 0.265 e. The third-order valence-electron chi connectivity index (χ3n) is 4.76. The van der Waals surface area contributed by atoms with Gasteiger partial charge in [-0.05, 0) is 48.3 Å². The molecule has 0 spiro atoms. The molecule has 0 aliphatic rings. The van der Waals surface area contributed by atoms with Crippen LogP contribution in [0.15, 0.2) is 58.2 Å². The topological polar surface area (TPSA) is 53.1 Å². The molecular formula is C24H26ClNO2S. The second-order valence-electron chi connectivity index (χ2n) is 7.03. The molecule has 2 N–H and O–H groups in total. The number of fused-ring (bicyclic) bond motifs is 1. The summed E-state index contributed by atoms with van der Waals surface area (Å²) in [6, 6.07) is 13.8. The average Bonchev–Trinajstić information content (AvgIpc) is 2.70. The summed E-state index contributed by atoms with van der Waals surface area (Å²) in [4.78, 5) is 15.8. The van der Waals surface area contributed by atoms with E-state index in [-0.39, 0.29) is 11.3 Å². The van der Waals surface area contributed by atoms with Crippen LogP contribution in [0.4, 0.5) is 0 Å². The van der Waals surface area contributed by atoms with Crippen LogP contribution in [0.2, 0.25) is 5.02 Å². The zero-order valence-electron chi connectivity index (χ0n) is 16.6. The molecule has 2 aromatic carbocycles. The largest absolute Gasteiger partial charge is 0.506 e. The van der Waals surface area contributed by atoms with Gasteiger partial charge in [-0.1, -0.05) is 73.9 Å². The first-order valence-corrected chi connectivity index (χ1v) is 11.4. The lowest BCUT2D eigenvalue weighted by molar-refractivity contribution is 0.467. The molecular weight excluding hydrogens is 402 g/mol. The van der Waals surface area contributed by atoms with E-state index in [0.29, 0.717) is 20.8 Å². The Morgan fingerprint density at radius 1 is 1.17 bits per heavy atom. The molecule has 0 radical (unpaired) electrons. The third-order valence-corrected chi connectivity index (χ3v) is 6.14. The van der Waals surface area contributed by atoms with Crippen molar-refractivity contribution in [3.63, 3.8) is 0 Å². The summed E-state index contributed by atoms with van der Waals surface area (Å²) in [5.74, 6) is 0.798. The number of aryl methyl sites for hydroxylation is 1. The number of pyridine rings is 1. The summed E-state index contributed by atoms with van der Waals surface area (Å²) >= 11 is 7.63. The van der Waals surface area contributed by atoms with Crippen molar-refractivity contribution in [1.82, 2.24) is 4.98 Å². The van der Waals surface area contributed by atoms with Gasteiger partial charge in [-0.2, -0.15) is 0 Å². The van der Waals surface area contributed by atoms with Crippen LogP contribution in [0.5, 0.6) is 5.75 Å². The number of rotatable bonds is 9. The van der Waals surface area contributed by atoms with E-state index in [0.717, 1.165) is 43.4 Å². The van der Waals surface area contributed by atoms with Gasteiger partial charge in [0.2, 0.25) is 0 Å². The van der Waals surface area contributed by atoms with E-state index in [9.17, 15) is 9.90 Å². The van der Waals surface area contributed by atoms with Gasteiger partial charge in [-0.15, -0.1) is 11.8 Å². The number of unbranched alkanes of at least 4 members (excludes halogenated alkanes) is 2. The molecule has 3 nitrogen and oxygen atoms in total. The number of aromatic hydroxyl groups is 1. The van der Waals surface area contributed by atoms with Crippen molar-refractivity contribution in [1.29, 1.82) is 0 Å². The highest BCUT2D eigenvalue weighted by Gasteiger charge is 2.15. The van der Waals surface area contributed by atoms with Gasteiger partial charge < -0.3 is 10.1 Å². The third kappa shape index (κ3) is 5.68. The minimum atomic E-state index is -0.275. The molecule has 29 heavy (non-hydrogen) atoms. The lowest BCUT2D eigenvalue weighted by atomic mass is 10.1. The number of hydrogen-bond acceptors (Lipinski definition) is 3. The second kappa shape index (κ2) is 10.6. The van der Waals surface area contributed by atoms with E-state index >= 15 is 0 Å². The number of aromatic nitrogens is 1. The van der Waals surface area contributed by atoms with Gasteiger partial charge in [-0.3, -0.25) is 4.79 Å². The first kappa shape index (κ1) is 21.5. The Hall–Kier alpha value is -2.17. The summed E-state index contributed by atoms with van der Waals surface area (Å²) in [6.45, 7) is 2.15. The molecule has 152 valence electrons. The highest BCUT2D eigenvalue weighted by atomic mass is 35.5. The van der Waals surface area contributed by atoms with Crippen LogP contribution in [0.25, 0.3) is 17.0 Å². The van der Waals surface area contributed by atoms with Crippen LogP contribution in [0.3, 0.4) is 0 Å². The van der Waals surface area contributed by atoms with Crippen LogP contribution in [-0.4, -0.2) is 15.8 Å². The standard InChI is InChI=1S/C24H26ClNO2S/c1-2-3-4-8-13-18-15-19(25)16-20-21(18)22(27)23(24(28)26-20)29-14-9-12-17-10-6-5-7-11-17/h5-8,10-11,13,15-16H,2-4,9,12,14H2,1H3,(H2,26,27,28)/b13-8+. The molecule has 0 saturated heterocycles. The number of allylic oxidation sites excluding steroid dienone is 1. The van der Waals surface area contributed by atoms with Gasteiger partial charge in [-0.25, -0.2) is 0 Å². The first-order chi connectivity index (χ1) is 14.1. The average molecular weight is 428 g/mol. The molecule has 5 heteroatoms. The highest BCUT2D eigenvalue weighted by molar-refractivity contribution is 7.99. The zero-order valence-corrected chi connectivity index (χ0v) is 18.2. The molecule has 0 atom stereocenters. The number of thioether (sulfide) groups is 1. The molecule has 0 saturated carbocycles. The van der Waals surface area contributed by atoms with Crippen molar-refractivity contribution in [2.24, 2.45) is 0 Å². The van der Waals surface area contributed by atoms with Crippen molar-refractivity contribution in [2.75, 3.05) is 5.75 Å². The van der Waals surface area contributed by atoms with E-state index in [1.54, 1.807) is 6.07 Å². The second-order valence-corrected chi connectivity index (χ2v) is 8.57. The van der Waals surface area contributed by atoms with Crippen LogP contribution in [0, 0.1) is 0 Å². The molecule has 3 rings (SSSR count). The number of hydrogen-bond donors (Lipinski definition) is 2. The van der Waals surface area contributed by atoms with Crippen molar-refractivity contribution in [3.05, 3.63) is 75.0 Å². The van der Waals surface area contributed by atoms with E-state index in [4.69, 9.17) is 11.6 Å². The summed E-state index contributed by atoms with van der Waals surface area (Å²) in [6.07, 6.45) is 9.15. The molecule has 1 heterocycles. The highest BCUT2D eigenvalue weighted by Crippen LogP contribution is 2.36.